The first-order chi connectivity index (χ1) is 9.97. The Kier molecular flexibility index (Phi) is 5.07. The molecule has 0 bridgehead atoms. The molecule has 21 heavy (non-hydrogen) atoms. The first-order valence-corrected chi connectivity index (χ1v) is 7.45. The van der Waals surface area contributed by atoms with Crippen molar-refractivity contribution in [2.24, 2.45) is 0 Å². The van der Waals surface area contributed by atoms with Gasteiger partial charge in [-0.3, -0.25) is 9.59 Å². The van der Waals surface area contributed by atoms with Gasteiger partial charge in [-0.1, -0.05) is 24.4 Å². The summed E-state index contributed by atoms with van der Waals surface area (Å²) in [7, 11) is 0. The van der Waals surface area contributed by atoms with Crippen LogP contribution in [0.4, 0.5) is 0 Å². The predicted molar refractivity (Wildman–Crippen MR) is 80.4 cm³/mol. The molecule has 0 saturated heterocycles. The summed E-state index contributed by atoms with van der Waals surface area (Å²) >= 11 is 5.76. The Hall–Kier alpha value is -1.75. The molecular formula is C15H19ClN2O3. The van der Waals surface area contributed by atoms with Gasteiger partial charge in [0.1, 0.15) is 11.8 Å². The second-order valence-electron chi connectivity index (χ2n) is 5.35. The number of nitrogens with one attached hydrogen (secondary N) is 2. The summed E-state index contributed by atoms with van der Waals surface area (Å²) in [5.74, 6) is -0.661. The van der Waals surface area contributed by atoms with E-state index in [1.54, 1.807) is 6.92 Å². The van der Waals surface area contributed by atoms with Crippen LogP contribution in [-0.4, -0.2) is 29.0 Å². The highest BCUT2D eigenvalue weighted by atomic mass is 35.5. The number of carbonyl (C=O) groups excluding carboxylic acids is 2. The van der Waals surface area contributed by atoms with Crippen LogP contribution < -0.4 is 10.6 Å². The van der Waals surface area contributed by atoms with Gasteiger partial charge < -0.3 is 15.7 Å². The molecule has 1 aromatic rings. The minimum atomic E-state index is -0.620. The predicted octanol–water partition coefficient (Wildman–Crippen LogP) is 2.22. The van der Waals surface area contributed by atoms with Crippen LogP contribution in [0.3, 0.4) is 0 Å². The number of hydrogen-bond donors (Lipinski definition) is 3. The van der Waals surface area contributed by atoms with E-state index >= 15 is 0 Å². The lowest BCUT2D eigenvalue weighted by Gasteiger charge is -2.17. The quantitative estimate of drug-likeness (QED) is 0.798. The highest BCUT2D eigenvalue weighted by molar-refractivity contribution is 6.32. The van der Waals surface area contributed by atoms with Crippen molar-refractivity contribution in [1.82, 2.24) is 10.6 Å². The van der Waals surface area contributed by atoms with Gasteiger partial charge in [-0.15, -0.1) is 0 Å². The molecule has 5 nitrogen and oxygen atoms in total. The zero-order chi connectivity index (χ0) is 15.4. The fourth-order valence-electron chi connectivity index (χ4n) is 2.39. The van der Waals surface area contributed by atoms with Crippen molar-refractivity contribution in [3.05, 3.63) is 28.8 Å². The van der Waals surface area contributed by atoms with Crippen molar-refractivity contribution >= 4 is 23.4 Å². The Morgan fingerprint density at radius 1 is 1.33 bits per heavy atom. The van der Waals surface area contributed by atoms with Gasteiger partial charge in [0, 0.05) is 11.6 Å². The number of rotatable bonds is 4. The molecule has 0 aromatic heterocycles. The summed E-state index contributed by atoms with van der Waals surface area (Å²) in [6, 6.07) is 3.78. The molecule has 2 rings (SSSR count). The van der Waals surface area contributed by atoms with Gasteiger partial charge in [0.25, 0.3) is 5.91 Å². The van der Waals surface area contributed by atoms with Crippen molar-refractivity contribution in [3.63, 3.8) is 0 Å². The molecule has 3 N–H and O–H groups in total. The number of benzene rings is 1. The summed E-state index contributed by atoms with van der Waals surface area (Å²) < 4.78 is 0. The van der Waals surface area contributed by atoms with Crippen LogP contribution in [0.5, 0.6) is 5.75 Å². The standard InChI is InChI=1S/C15H19ClN2O3/c1-9(14(20)18-11-4-2-3-5-11)17-15(21)10-6-7-13(19)12(16)8-10/h6-9,11,19H,2-5H2,1H3,(H,17,21)(H,18,20). The van der Waals surface area contributed by atoms with E-state index in [1.165, 1.54) is 18.2 Å². The van der Waals surface area contributed by atoms with E-state index in [2.05, 4.69) is 10.6 Å². The average Bonchev–Trinajstić information content (AvgIpc) is 2.94. The zero-order valence-electron chi connectivity index (χ0n) is 11.9. The van der Waals surface area contributed by atoms with Crippen LogP contribution in [0.25, 0.3) is 0 Å². The van der Waals surface area contributed by atoms with E-state index in [9.17, 15) is 14.7 Å². The molecule has 1 saturated carbocycles. The van der Waals surface area contributed by atoms with Crippen molar-refractivity contribution < 1.29 is 14.7 Å². The van der Waals surface area contributed by atoms with Crippen LogP contribution in [0.2, 0.25) is 5.02 Å². The zero-order valence-corrected chi connectivity index (χ0v) is 12.6. The van der Waals surface area contributed by atoms with Crippen LogP contribution in [0.15, 0.2) is 18.2 Å². The van der Waals surface area contributed by atoms with Crippen molar-refractivity contribution in [2.45, 2.75) is 44.7 Å². The van der Waals surface area contributed by atoms with E-state index < -0.39 is 11.9 Å². The van der Waals surface area contributed by atoms with Crippen LogP contribution in [0, 0.1) is 0 Å². The molecular weight excluding hydrogens is 292 g/mol. The Bertz CT molecular complexity index is 542. The molecule has 1 aliphatic rings. The monoisotopic (exact) mass is 310 g/mol. The Balaban J connectivity index is 1.91. The molecule has 1 atom stereocenters. The third-order valence-electron chi connectivity index (χ3n) is 3.65. The lowest BCUT2D eigenvalue weighted by molar-refractivity contribution is -0.123. The highest BCUT2D eigenvalue weighted by Gasteiger charge is 2.22. The molecule has 0 radical (unpaired) electrons. The van der Waals surface area contributed by atoms with Crippen LogP contribution >= 0.6 is 11.6 Å². The van der Waals surface area contributed by atoms with E-state index in [4.69, 9.17) is 11.6 Å². The highest BCUT2D eigenvalue weighted by Crippen LogP contribution is 2.23. The lowest BCUT2D eigenvalue weighted by atomic mass is 10.1. The lowest BCUT2D eigenvalue weighted by Crippen LogP contribution is -2.47. The summed E-state index contributed by atoms with van der Waals surface area (Å²) in [4.78, 5) is 24.0. The first-order valence-electron chi connectivity index (χ1n) is 7.07. The molecule has 1 aromatic carbocycles. The minimum Gasteiger partial charge on any atom is -0.506 e. The maximum atomic E-state index is 12.0. The first kappa shape index (κ1) is 15.6. The molecule has 1 fully saturated rings. The maximum absolute atomic E-state index is 12.0. The molecule has 1 aliphatic carbocycles. The van der Waals surface area contributed by atoms with Gasteiger partial charge in [0.05, 0.1) is 5.02 Å². The number of halogens is 1. The van der Waals surface area contributed by atoms with Gasteiger partial charge in [-0.05, 0) is 38.0 Å². The van der Waals surface area contributed by atoms with Crippen LogP contribution in [-0.2, 0) is 4.79 Å². The molecule has 2 amide bonds. The van der Waals surface area contributed by atoms with Crippen molar-refractivity contribution in [2.75, 3.05) is 0 Å². The van der Waals surface area contributed by atoms with Gasteiger partial charge in [-0.2, -0.15) is 0 Å². The normalized spacial score (nSPS) is 16.5. The molecule has 0 aliphatic heterocycles. The second-order valence-corrected chi connectivity index (χ2v) is 5.76. The SMILES string of the molecule is CC(NC(=O)c1ccc(O)c(Cl)c1)C(=O)NC1CCCC1. The van der Waals surface area contributed by atoms with Gasteiger partial charge in [0.15, 0.2) is 0 Å². The fourth-order valence-corrected chi connectivity index (χ4v) is 2.57. The number of phenols is 1. The maximum Gasteiger partial charge on any atom is 0.251 e. The van der Waals surface area contributed by atoms with Gasteiger partial charge in [-0.25, -0.2) is 0 Å². The Morgan fingerprint density at radius 2 is 2.00 bits per heavy atom. The summed E-state index contributed by atoms with van der Waals surface area (Å²) in [5.41, 5.74) is 0.304. The van der Waals surface area contributed by atoms with Gasteiger partial charge >= 0.3 is 0 Å². The van der Waals surface area contributed by atoms with Gasteiger partial charge in [0.2, 0.25) is 5.91 Å². The minimum absolute atomic E-state index is 0.0831. The van der Waals surface area contributed by atoms with Crippen molar-refractivity contribution in [3.8, 4) is 5.75 Å². The topological polar surface area (TPSA) is 78.4 Å². The number of carbonyl (C=O) groups is 2. The molecule has 114 valence electrons. The Labute approximate surface area is 128 Å². The van der Waals surface area contributed by atoms with Crippen molar-refractivity contribution in [1.29, 1.82) is 0 Å². The smallest absolute Gasteiger partial charge is 0.251 e. The second kappa shape index (κ2) is 6.80. The summed E-state index contributed by atoms with van der Waals surface area (Å²) in [6.07, 6.45) is 4.27. The van der Waals surface area contributed by atoms with E-state index in [0.29, 0.717) is 5.56 Å². The number of hydrogen-bond acceptors (Lipinski definition) is 3. The molecule has 0 heterocycles. The Morgan fingerprint density at radius 3 is 2.62 bits per heavy atom. The third kappa shape index (κ3) is 4.11. The van der Waals surface area contributed by atoms with E-state index in [0.717, 1.165) is 25.7 Å². The molecule has 6 heteroatoms. The number of amides is 2. The summed E-state index contributed by atoms with van der Waals surface area (Å²) in [5, 5.41) is 15.0. The molecule has 1 unspecified atom stereocenters. The van der Waals surface area contributed by atoms with E-state index in [1.807, 2.05) is 0 Å². The summed E-state index contributed by atoms with van der Waals surface area (Å²) in [6.45, 7) is 1.64. The molecule has 0 spiro atoms. The largest absolute Gasteiger partial charge is 0.506 e. The average molecular weight is 311 g/mol. The van der Waals surface area contributed by atoms with Crippen LogP contribution in [0.1, 0.15) is 43.0 Å². The third-order valence-corrected chi connectivity index (χ3v) is 3.96. The number of phenolic OH excluding ortho intramolecular Hbond substituents is 1. The number of aromatic hydroxyl groups is 1. The van der Waals surface area contributed by atoms with E-state index in [-0.39, 0.29) is 22.7 Å². The fraction of sp³-hybridized carbons (Fsp3) is 0.467.